The van der Waals surface area contributed by atoms with Crippen LogP contribution in [0.2, 0.25) is 5.15 Å². The van der Waals surface area contributed by atoms with E-state index in [0.29, 0.717) is 42.9 Å². The van der Waals surface area contributed by atoms with Gasteiger partial charge in [0.2, 0.25) is 11.8 Å². The average molecular weight is 415 g/mol. The first-order valence-electron chi connectivity index (χ1n) is 9.89. The van der Waals surface area contributed by atoms with Crippen LogP contribution in [0.1, 0.15) is 28.8 Å². The molecule has 0 saturated carbocycles. The van der Waals surface area contributed by atoms with Crippen LogP contribution in [0, 0.1) is 12.8 Å². The summed E-state index contributed by atoms with van der Waals surface area (Å²) in [5.41, 5.74) is 5.57. The second kappa shape index (κ2) is 7.06. The molecule has 1 saturated heterocycles. The summed E-state index contributed by atoms with van der Waals surface area (Å²) in [6.07, 6.45) is 3.09. The van der Waals surface area contributed by atoms with Gasteiger partial charge >= 0.3 is 0 Å². The van der Waals surface area contributed by atoms with Gasteiger partial charge in [0.15, 0.2) is 5.75 Å². The average Bonchev–Trinajstić information content (AvgIpc) is 3.31. The van der Waals surface area contributed by atoms with Gasteiger partial charge in [-0.25, -0.2) is 9.97 Å². The van der Waals surface area contributed by atoms with Gasteiger partial charge in [-0.2, -0.15) is 0 Å². The third-order valence-electron chi connectivity index (χ3n) is 6.18. The van der Waals surface area contributed by atoms with Crippen molar-refractivity contribution in [3.63, 3.8) is 0 Å². The van der Waals surface area contributed by atoms with Crippen LogP contribution in [0.4, 0.5) is 5.69 Å². The molecular weight excluding hydrogens is 392 g/mol. The minimum atomic E-state index is 0.188. The van der Waals surface area contributed by atoms with E-state index in [1.165, 1.54) is 16.7 Å². The molecule has 152 valence electrons. The van der Waals surface area contributed by atoms with Crippen molar-refractivity contribution in [1.29, 1.82) is 0 Å². The second-order valence-electron chi connectivity index (χ2n) is 7.95. The minimum absolute atomic E-state index is 0.188. The molecule has 0 spiro atoms. The maximum absolute atomic E-state index is 12.9. The van der Waals surface area contributed by atoms with Crippen LogP contribution in [0.3, 0.4) is 0 Å². The smallest absolute Gasteiger partial charge is 0.223 e. The lowest BCUT2D eigenvalue weighted by atomic mass is 9.95. The zero-order chi connectivity index (χ0) is 20.1. The standard InChI is InChI=1S/C21H23ClN4O3/c1-12-14-3-4-29-21(14)24-16-11-26(10-15(12)16)20(27)5-13-8-25(9-13)17-6-19(22)23-7-18(17)28-2/h6-7,13H,3-5,8-11H2,1-2H3. The Balaban J connectivity index is 1.21. The Morgan fingerprint density at radius 1 is 1.34 bits per heavy atom. The zero-order valence-corrected chi connectivity index (χ0v) is 17.3. The summed E-state index contributed by atoms with van der Waals surface area (Å²) >= 11 is 6.03. The highest BCUT2D eigenvalue weighted by atomic mass is 35.5. The quantitative estimate of drug-likeness (QED) is 0.716. The first-order valence-corrected chi connectivity index (χ1v) is 10.3. The van der Waals surface area contributed by atoms with E-state index in [1.54, 1.807) is 13.3 Å². The summed E-state index contributed by atoms with van der Waals surface area (Å²) in [7, 11) is 1.62. The van der Waals surface area contributed by atoms with Crippen molar-refractivity contribution < 1.29 is 14.3 Å². The van der Waals surface area contributed by atoms with Crippen LogP contribution >= 0.6 is 11.6 Å². The molecule has 3 aliphatic heterocycles. The summed E-state index contributed by atoms with van der Waals surface area (Å²) in [6.45, 7) is 5.69. The van der Waals surface area contributed by atoms with Crippen LogP contribution in [0.5, 0.6) is 11.6 Å². The number of hydrogen-bond acceptors (Lipinski definition) is 6. The van der Waals surface area contributed by atoms with Crippen LogP contribution < -0.4 is 14.4 Å². The van der Waals surface area contributed by atoms with Crippen LogP contribution in [0.25, 0.3) is 0 Å². The second-order valence-corrected chi connectivity index (χ2v) is 8.34. The van der Waals surface area contributed by atoms with Gasteiger partial charge in [-0.15, -0.1) is 0 Å². The summed E-state index contributed by atoms with van der Waals surface area (Å²) in [6, 6.07) is 1.81. The molecule has 1 amide bonds. The van der Waals surface area contributed by atoms with Crippen molar-refractivity contribution in [2.45, 2.75) is 32.9 Å². The zero-order valence-electron chi connectivity index (χ0n) is 16.6. The maximum Gasteiger partial charge on any atom is 0.223 e. The third-order valence-corrected chi connectivity index (χ3v) is 6.38. The number of hydrogen-bond donors (Lipinski definition) is 0. The number of anilines is 1. The number of fused-ring (bicyclic) bond motifs is 2. The SMILES string of the molecule is COc1cnc(Cl)cc1N1CC(CC(=O)N2Cc3nc4c(c(C)c3C2)CCO4)C1. The lowest BCUT2D eigenvalue weighted by molar-refractivity contribution is -0.133. The van der Waals surface area contributed by atoms with E-state index in [1.807, 2.05) is 11.0 Å². The summed E-state index contributed by atoms with van der Waals surface area (Å²) < 4.78 is 11.0. The van der Waals surface area contributed by atoms with E-state index in [0.717, 1.165) is 36.8 Å². The predicted molar refractivity (Wildman–Crippen MR) is 109 cm³/mol. The third kappa shape index (κ3) is 3.17. The fourth-order valence-corrected chi connectivity index (χ4v) is 4.66. The maximum atomic E-state index is 12.9. The van der Waals surface area contributed by atoms with Crippen molar-refractivity contribution in [3.8, 4) is 11.6 Å². The van der Waals surface area contributed by atoms with Gasteiger partial charge in [0.1, 0.15) is 5.15 Å². The molecular formula is C21H23ClN4O3. The Morgan fingerprint density at radius 2 is 2.17 bits per heavy atom. The van der Waals surface area contributed by atoms with Crippen LogP contribution in [-0.4, -0.2) is 47.6 Å². The van der Waals surface area contributed by atoms with Gasteiger partial charge in [-0.1, -0.05) is 11.6 Å². The van der Waals surface area contributed by atoms with Gasteiger partial charge < -0.3 is 19.3 Å². The molecule has 7 nitrogen and oxygen atoms in total. The summed E-state index contributed by atoms with van der Waals surface area (Å²) in [5, 5.41) is 0.439. The van der Waals surface area contributed by atoms with E-state index in [4.69, 9.17) is 21.1 Å². The van der Waals surface area contributed by atoms with Gasteiger partial charge in [0, 0.05) is 50.0 Å². The molecule has 0 radical (unpaired) electrons. The molecule has 0 N–H and O–H groups in total. The van der Waals surface area contributed by atoms with Crippen molar-refractivity contribution in [2.75, 3.05) is 31.7 Å². The number of amides is 1. The fraction of sp³-hybridized carbons (Fsp3) is 0.476. The number of ether oxygens (including phenoxy) is 2. The Morgan fingerprint density at radius 3 is 2.97 bits per heavy atom. The van der Waals surface area contributed by atoms with E-state index < -0.39 is 0 Å². The number of pyridine rings is 2. The molecule has 2 aromatic heterocycles. The normalized spacial score (nSPS) is 17.6. The first-order chi connectivity index (χ1) is 14.0. The van der Waals surface area contributed by atoms with Crippen LogP contribution in [0.15, 0.2) is 12.3 Å². The molecule has 0 bridgehead atoms. The van der Waals surface area contributed by atoms with E-state index >= 15 is 0 Å². The number of carbonyl (C=O) groups excluding carboxylic acids is 1. The summed E-state index contributed by atoms with van der Waals surface area (Å²) in [4.78, 5) is 25.7. The topological polar surface area (TPSA) is 67.8 Å². The molecule has 0 aromatic carbocycles. The number of aromatic nitrogens is 2. The molecule has 29 heavy (non-hydrogen) atoms. The molecule has 8 heteroatoms. The predicted octanol–water partition coefficient (Wildman–Crippen LogP) is 2.75. The lowest BCUT2D eigenvalue weighted by Crippen LogP contribution is -2.48. The van der Waals surface area contributed by atoms with Gasteiger partial charge in [-0.3, -0.25) is 4.79 Å². The monoisotopic (exact) mass is 414 g/mol. The molecule has 1 fully saturated rings. The van der Waals surface area contributed by atoms with Crippen molar-refractivity contribution in [2.24, 2.45) is 5.92 Å². The lowest BCUT2D eigenvalue weighted by Gasteiger charge is -2.41. The molecule has 0 atom stereocenters. The van der Waals surface area contributed by atoms with E-state index in [9.17, 15) is 4.79 Å². The fourth-order valence-electron chi connectivity index (χ4n) is 4.51. The Kier molecular flexibility index (Phi) is 4.50. The molecule has 2 aromatic rings. The van der Waals surface area contributed by atoms with Gasteiger partial charge in [0.25, 0.3) is 0 Å². The number of methoxy groups -OCH3 is 1. The molecule has 0 aliphatic carbocycles. The first kappa shape index (κ1) is 18.5. The Bertz CT molecular complexity index is 990. The van der Waals surface area contributed by atoms with Gasteiger partial charge in [-0.05, 0) is 18.1 Å². The largest absolute Gasteiger partial charge is 0.493 e. The van der Waals surface area contributed by atoms with Gasteiger partial charge in [0.05, 0.1) is 37.8 Å². The number of carbonyl (C=O) groups is 1. The van der Waals surface area contributed by atoms with Crippen LogP contribution in [-0.2, 0) is 24.3 Å². The summed E-state index contributed by atoms with van der Waals surface area (Å²) in [5.74, 6) is 1.97. The highest BCUT2D eigenvalue weighted by Gasteiger charge is 2.35. The molecule has 5 rings (SSSR count). The minimum Gasteiger partial charge on any atom is -0.493 e. The van der Waals surface area contributed by atoms with Crippen molar-refractivity contribution in [3.05, 3.63) is 39.8 Å². The molecule has 0 unspecified atom stereocenters. The Labute approximate surface area is 174 Å². The van der Waals surface area contributed by atoms with E-state index in [2.05, 4.69) is 21.8 Å². The molecule has 5 heterocycles. The van der Waals surface area contributed by atoms with Crippen molar-refractivity contribution >= 4 is 23.2 Å². The number of rotatable bonds is 4. The highest BCUT2D eigenvalue weighted by molar-refractivity contribution is 6.29. The number of nitrogens with zero attached hydrogens (tertiary/aromatic N) is 4. The van der Waals surface area contributed by atoms with Crippen molar-refractivity contribution in [1.82, 2.24) is 14.9 Å². The Hall–Kier alpha value is -2.54. The molecule has 3 aliphatic rings. The number of halogens is 1. The highest BCUT2D eigenvalue weighted by Crippen LogP contribution is 2.37. The van der Waals surface area contributed by atoms with E-state index in [-0.39, 0.29) is 5.91 Å².